The fourth-order valence-corrected chi connectivity index (χ4v) is 11.1. The van der Waals surface area contributed by atoms with Crippen LogP contribution in [0.1, 0.15) is 74.4 Å². The van der Waals surface area contributed by atoms with E-state index in [1.54, 1.807) is 0 Å². The van der Waals surface area contributed by atoms with Gasteiger partial charge >= 0.3 is 0 Å². The van der Waals surface area contributed by atoms with Gasteiger partial charge in [0.2, 0.25) is 14.7 Å². The second-order valence-corrected chi connectivity index (χ2v) is 20.1. The van der Waals surface area contributed by atoms with Crippen molar-refractivity contribution in [1.82, 2.24) is 9.80 Å². The largest absolute Gasteiger partial charge is 0.543 e. The van der Waals surface area contributed by atoms with Crippen LogP contribution in [-0.4, -0.2) is 62.2 Å². The number of carbonyl (C=O) groups is 1. The maximum atomic E-state index is 13.9. The summed E-state index contributed by atoms with van der Waals surface area (Å²) in [6.45, 7) is 13.6. The van der Waals surface area contributed by atoms with Crippen molar-refractivity contribution in [2.24, 2.45) is 17.3 Å². The van der Waals surface area contributed by atoms with E-state index < -0.39 is 14.7 Å². The number of rotatable bonds is 6. The average molecular weight is 593 g/mol. The highest BCUT2D eigenvalue weighted by Crippen LogP contribution is 2.75. The third kappa shape index (κ3) is 3.94. The molecule has 4 nitrogen and oxygen atoms in total. The molecule has 2 saturated heterocycles. The monoisotopic (exact) mass is 592 g/mol. The van der Waals surface area contributed by atoms with Crippen LogP contribution in [0.5, 0.6) is 5.75 Å². The number of piperidine rings is 1. The van der Waals surface area contributed by atoms with Crippen LogP contribution in [0.25, 0.3) is 0 Å². The number of fused-ring (bicyclic) bond motifs is 1. The number of nitrogens with zero attached hydrogens (tertiary/aromatic N) is 2. The fourth-order valence-electron chi connectivity index (χ4n) is 10.1. The van der Waals surface area contributed by atoms with Crippen LogP contribution in [0, 0.1) is 17.3 Å². The molecule has 0 radical (unpaired) electrons. The summed E-state index contributed by atoms with van der Waals surface area (Å²) in [7, 11) is -2.03. The zero-order valence-corrected chi connectivity index (χ0v) is 26.8. The van der Waals surface area contributed by atoms with Crippen molar-refractivity contribution in [3.05, 3.63) is 65.2 Å². The summed E-state index contributed by atoms with van der Waals surface area (Å²) < 4.78 is 33.8. The predicted octanol–water partition coefficient (Wildman–Crippen LogP) is 7.53. The van der Waals surface area contributed by atoms with Gasteiger partial charge in [-0.25, -0.2) is 8.78 Å². The first-order valence-corrected chi connectivity index (χ1v) is 19.0. The van der Waals surface area contributed by atoms with Crippen LogP contribution in [0.3, 0.4) is 0 Å². The molecule has 7 heteroatoms. The van der Waals surface area contributed by atoms with Crippen molar-refractivity contribution in [3.8, 4) is 5.75 Å². The molecule has 226 valence electrons. The quantitative estimate of drug-likeness (QED) is 0.325. The lowest BCUT2D eigenvalue weighted by Gasteiger charge is -2.66. The second-order valence-electron chi connectivity index (χ2n) is 15.4. The highest BCUT2D eigenvalue weighted by Gasteiger charge is 2.76. The fraction of sp³-hybridized carbons (Fsp3) is 0.629. The summed E-state index contributed by atoms with van der Waals surface area (Å²) in [6.07, 6.45) is 2.75. The lowest BCUT2D eigenvalue weighted by Crippen LogP contribution is -2.69. The smallest absolute Gasteiger partial charge is 0.254 e. The van der Waals surface area contributed by atoms with Crippen molar-refractivity contribution in [3.63, 3.8) is 0 Å². The minimum Gasteiger partial charge on any atom is -0.543 e. The lowest BCUT2D eigenvalue weighted by atomic mass is 9.43. The first-order valence-electron chi connectivity index (χ1n) is 16.1. The van der Waals surface area contributed by atoms with Gasteiger partial charge in [0.05, 0.1) is 0 Å². The van der Waals surface area contributed by atoms with E-state index in [0.717, 1.165) is 56.5 Å². The molecule has 2 unspecified atom stereocenters. The van der Waals surface area contributed by atoms with Gasteiger partial charge in [0, 0.05) is 42.6 Å². The molecule has 2 saturated carbocycles. The number of halogens is 2. The zero-order valence-electron chi connectivity index (χ0n) is 25.8. The molecule has 0 spiro atoms. The van der Waals surface area contributed by atoms with E-state index >= 15 is 0 Å². The Hall–Kier alpha value is -2.25. The Morgan fingerprint density at radius 1 is 1.12 bits per heavy atom. The van der Waals surface area contributed by atoms with E-state index in [4.69, 9.17) is 4.43 Å². The molecule has 4 bridgehead atoms. The summed E-state index contributed by atoms with van der Waals surface area (Å²) >= 11 is 0. The summed E-state index contributed by atoms with van der Waals surface area (Å²) in [6, 6.07) is 17.1. The van der Waals surface area contributed by atoms with E-state index in [0.29, 0.717) is 18.4 Å². The Morgan fingerprint density at radius 3 is 2.60 bits per heavy atom. The number of alkyl halides is 2. The summed E-state index contributed by atoms with van der Waals surface area (Å²) in [5, 5.41) is 0.102. The van der Waals surface area contributed by atoms with Crippen LogP contribution in [-0.2, 0) is 11.8 Å². The van der Waals surface area contributed by atoms with Crippen molar-refractivity contribution in [2.45, 2.75) is 101 Å². The third-order valence-electron chi connectivity index (χ3n) is 12.7. The van der Waals surface area contributed by atoms with E-state index in [-0.39, 0.29) is 40.3 Å². The minimum absolute atomic E-state index is 0.0430. The molecule has 3 aliphatic carbocycles. The Bertz CT molecular complexity index is 1380. The molecule has 5 aliphatic rings. The molecule has 2 aromatic carbocycles. The van der Waals surface area contributed by atoms with Gasteiger partial charge in [-0.2, -0.15) is 0 Å². The van der Waals surface area contributed by atoms with Gasteiger partial charge in [-0.05, 0) is 109 Å². The van der Waals surface area contributed by atoms with Gasteiger partial charge in [-0.1, -0.05) is 45.0 Å². The van der Waals surface area contributed by atoms with Gasteiger partial charge in [0.15, 0.2) is 0 Å². The topological polar surface area (TPSA) is 32.8 Å². The predicted molar refractivity (Wildman–Crippen MR) is 165 cm³/mol. The van der Waals surface area contributed by atoms with E-state index in [1.807, 2.05) is 30.3 Å². The third-order valence-corrected chi connectivity index (χ3v) is 17.0. The van der Waals surface area contributed by atoms with Crippen LogP contribution in [0.15, 0.2) is 48.5 Å². The number of amides is 1. The first kappa shape index (κ1) is 28.5. The van der Waals surface area contributed by atoms with Crippen molar-refractivity contribution < 1.29 is 18.0 Å². The number of hydrogen-bond acceptors (Lipinski definition) is 3. The zero-order chi connectivity index (χ0) is 29.7. The standard InChI is InChI=1S/C35H46F2N2O2Si/c1-33(2,3)42(4,5)41-26-12-11-24-19-29-34-15-13-28-31(25(21-34)22-39(28)32(40)23-9-7-6-8-10-23)35(34,27(24)20-26)16-18-38(29)17-14-30(36)37/h6-12,20,25,28-31H,13-19,21-22H2,1-5H3/t25-,28?,29-,31?,34-,35+/m1/s1. The molecule has 1 amide bonds. The Kier molecular flexibility index (Phi) is 6.53. The van der Waals surface area contributed by atoms with Crippen LogP contribution in [0.2, 0.25) is 18.1 Å². The molecule has 42 heavy (non-hydrogen) atoms. The van der Waals surface area contributed by atoms with Crippen LogP contribution >= 0.6 is 0 Å². The highest BCUT2D eigenvalue weighted by molar-refractivity contribution is 6.74. The SMILES string of the molecule is CC(C)(C)[Si](C)(C)Oc1ccc2c(c1)[C@]13CCN(CCC(F)F)[C@H](C2)[C@]12CCC1C3[C@@H](CN1C(=O)c1ccccc1)C2. The number of carbonyl (C=O) groups excluding carboxylic acids is 1. The Balaban J connectivity index is 1.32. The molecule has 0 aromatic heterocycles. The molecule has 7 rings (SSSR count). The maximum Gasteiger partial charge on any atom is 0.254 e. The van der Waals surface area contributed by atoms with Crippen molar-refractivity contribution >= 4 is 14.2 Å². The van der Waals surface area contributed by atoms with E-state index in [2.05, 4.69) is 61.9 Å². The molecular formula is C35H46F2N2O2Si. The Labute approximate surface area is 250 Å². The molecule has 6 atom stereocenters. The molecule has 2 heterocycles. The van der Waals surface area contributed by atoms with Gasteiger partial charge in [-0.15, -0.1) is 0 Å². The minimum atomic E-state index is -2.27. The normalized spacial score (nSPS) is 33.5. The van der Waals surface area contributed by atoms with Gasteiger partial charge in [0.25, 0.3) is 5.91 Å². The Morgan fingerprint density at radius 2 is 1.88 bits per heavy atom. The number of hydrogen-bond donors (Lipinski definition) is 0. The lowest BCUT2D eigenvalue weighted by molar-refractivity contribution is -0.103. The van der Waals surface area contributed by atoms with Crippen LogP contribution < -0.4 is 4.43 Å². The van der Waals surface area contributed by atoms with E-state index in [1.165, 1.54) is 11.1 Å². The van der Waals surface area contributed by atoms with Gasteiger partial charge in [-0.3, -0.25) is 9.69 Å². The summed E-state index contributed by atoms with van der Waals surface area (Å²) in [4.78, 5) is 18.5. The second kappa shape index (κ2) is 9.62. The average Bonchev–Trinajstić information content (AvgIpc) is 3.38. The molecule has 4 fully saturated rings. The molecule has 2 aliphatic heterocycles. The number of likely N-dealkylation sites (tertiary alicyclic amines) is 2. The van der Waals surface area contributed by atoms with Gasteiger partial charge < -0.3 is 9.33 Å². The highest BCUT2D eigenvalue weighted by atomic mass is 28.4. The molecule has 0 N–H and O–H groups in total. The van der Waals surface area contributed by atoms with E-state index in [9.17, 15) is 13.6 Å². The number of benzene rings is 2. The van der Waals surface area contributed by atoms with Crippen molar-refractivity contribution in [2.75, 3.05) is 19.6 Å². The molecular weight excluding hydrogens is 546 g/mol. The molecule has 2 aromatic rings. The van der Waals surface area contributed by atoms with Crippen LogP contribution in [0.4, 0.5) is 8.78 Å². The summed E-state index contributed by atoms with van der Waals surface area (Å²) in [5.74, 6) is 1.99. The van der Waals surface area contributed by atoms with Gasteiger partial charge in [0.1, 0.15) is 5.75 Å². The summed E-state index contributed by atoms with van der Waals surface area (Å²) in [5.41, 5.74) is 3.63. The maximum absolute atomic E-state index is 13.9. The first-order chi connectivity index (χ1) is 19.9. The van der Waals surface area contributed by atoms with Crippen molar-refractivity contribution in [1.29, 1.82) is 0 Å².